The van der Waals surface area contributed by atoms with E-state index >= 15 is 0 Å². The smallest absolute Gasteiger partial charge is 0.321 e. The Bertz CT molecular complexity index is 727. The summed E-state index contributed by atoms with van der Waals surface area (Å²) in [6.45, 7) is 0. The Balaban J connectivity index is 0. The van der Waals surface area contributed by atoms with Crippen LogP contribution in [0.15, 0.2) is 30.3 Å². The summed E-state index contributed by atoms with van der Waals surface area (Å²) in [5.74, 6) is -5.65. The van der Waals surface area contributed by atoms with E-state index in [2.05, 4.69) is 0 Å². The van der Waals surface area contributed by atoms with Gasteiger partial charge in [0.2, 0.25) is 0 Å². The number of carbonyl (C=O) groups is 5. The van der Waals surface area contributed by atoms with Gasteiger partial charge in [-0.25, -0.2) is 0 Å². The molecular formula is C18H27N3O10. The van der Waals surface area contributed by atoms with Crippen LogP contribution >= 0.6 is 0 Å². The number of carboxylic acids is 5. The molecule has 0 aliphatic rings. The zero-order valence-electron chi connectivity index (χ0n) is 16.5. The van der Waals surface area contributed by atoms with Crippen molar-refractivity contribution in [3.63, 3.8) is 0 Å². The molecule has 0 unspecified atom stereocenters. The fraction of sp³-hybridized carbons (Fsp3) is 0.389. The molecular weight excluding hydrogens is 418 g/mol. The second-order valence-electron chi connectivity index (χ2n) is 6.05. The molecule has 0 radical (unpaired) electrons. The van der Waals surface area contributed by atoms with Crippen molar-refractivity contribution in [3.8, 4) is 0 Å². The lowest BCUT2D eigenvalue weighted by molar-refractivity contribution is -0.144. The SMILES string of the molecule is N[C@@H](CC(=O)O)C(=O)O.N[C@@H](CCC(=O)O)C(=O)O.N[C@@H](Cc1ccccc1)C(=O)O. The topological polar surface area (TPSA) is 265 Å². The van der Waals surface area contributed by atoms with Crippen LogP contribution in [0, 0.1) is 0 Å². The van der Waals surface area contributed by atoms with E-state index in [9.17, 15) is 24.0 Å². The number of rotatable bonds is 10. The van der Waals surface area contributed by atoms with Crippen molar-refractivity contribution in [3.05, 3.63) is 35.9 Å². The Morgan fingerprint density at radius 3 is 1.45 bits per heavy atom. The quantitative estimate of drug-likeness (QED) is 0.210. The predicted octanol–water partition coefficient (Wildman–Crippen LogP) is -1.22. The number of carboxylic acid groups (broad SMARTS) is 5. The van der Waals surface area contributed by atoms with Crippen molar-refractivity contribution in [2.45, 2.75) is 43.8 Å². The molecule has 1 aromatic carbocycles. The number of aliphatic carboxylic acids is 5. The van der Waals surface area contributed by atoms with Gasteiger partial charge in [-0.1, -0.05) is 30.3 Å². The van der Waals surface area contributed by atoms with Crippen LogP contribution in [0.4, 0.5) is 0 Å². The second kappa shape index (κ2) is 16.3. The fourth-order valence-corrected chi connectivity index (χ4v) is 1.63. The highest BCUT2D eigenvalue weighted by molar-refractivity contribution is 5.80. The van der Waals surface area contributed by atoms with Crippen LogP contribution in [0.3, 0.4) is 0 Å². The highest BCUT2D eigenvalue weighted by Crippen LogP contribution is 2.01. The van der Waals surface area contributed by atoms with Crippen LogP contribution in [0.5, 0.6) is 0 Å². The molecule has 0 fully saturated rings. The number of benzene rings is 1. The number of hydrogen-bond donors (Lipinski definition) is 8. The molecule has 1 aromatic rings. The van der Waals surface area contributed by atoms with Crippen LogP contribution in [0.25, 0.3) is 0 Å². The van der Waals surface area contributed by atoms with Gasteiger partial charge >= 0.3 is 29.8 Å². The first-order chi connectivity index (χ1) is 14.3. The molecule has 0 aliphatic carbocycles. The maximum absolute atomic E-state index is 10.4. The highest BCUT2D eigenvalue weighted by atomic mass is 16.4. The standard InChI is InChI=1S/C9H11NO2.C5H9NO4.C4H7NO4/c10-8(9(11)12)6-7-4-2-1-3-5-7;6-3(5(9)10)1-2-4(7)8;5-2(4(8)9)1-3(6)7/h1-5,8H,6,10H2,(H,11,12);3H,1-2,6H2,(H,7,8)(H,9,10);2H,1,5H2,(H,6,7)(H,8,9)/t8-;3-;2-/m000/s1. The lowest BCUT2D eigenvalue weighted by Gasteiger charge is -2.04. The van der Waals surface area contributed by atoms with Gasteiger partial charge in [0, 0.05) is 6.42 Å². The van der Waals surface area contributed by atoms with Crippen molar-refractivity contribution in [2.75, 3.05) is 0 Å². The van der Waals surface area contributed by atoms with Gasteiger partial charge in [-0.2, -0.15) is 0 Å². The molecule has 0 saturated carbocycles. The monoisotopic (exact) mass is 445 g/mol. The van der Waals surface area contributed by atoms with Crippen molar-refractivity contribution < 1.29 is 49.5 Å². The van der Waals surface area contributed by atoms with Gasteiger partial charge < -0.3 is 42.7 Å². The van der Waals surface area contributed by atoms with Crippen LogP contribution in [0.2, 0.25) is 0 Å². The van der Waals surface area contributed by atoms with Crippen LogP contribution in [0.1, 0.15) is 24.8 Å². The number of nitrogens with two attached hydrogens (primary N) is 3. The minimum Gasteiger partial charge on any atom is -0.481 e. The predicted molar refractivity (Wildman–Crippen MR) is 106 cm³/mol. The van der Waals surface area contributed by atoms with Crippen molar-refractivity contribution in [1.82, 2.24) is 0 Å². The summed E-state index contributed by atoms with van der Waals surface area (Å²) in [6, 6.07) is 6.20. The van der Waals surface area contributed by atoms with Gasteiger partial charge in [0.25, 0.3) is 0 Å². The van der Waals surface area contributed by atoms with Crippen LogP contribution in [-0.4, -0.2) is 73.5 Å². The average Bonchev–Trinajstić information content (AvgIpc) is 2.67. The third kappa shape index (κ3) is 18.2. The minimum absolute atomic E-state index is 0.0231. The molecule has 0 aromatic heterocycles. The summed E-state index contributed by atoms with van der Waals surface area (Å²) >= 11 is 0. The summed E-state index contributed by atoms with van der Waals surface area (Å²) in [5, 5.41) is 40.8. The molecule has 13 heteroatoms. The Morgan fingerprint density at radius 2 is 1.13 bits per heavy atom. The first kappa shape index (κ1) is 29.6. The third-order valence-electron chi connectivity index (χ3n) is 3.31. The van der Waals surface area contributed by atoms with Gasteiger partial charge in [0.1, 0.15) is 18.1 Å². The molecule has 174 valence electrons. The van der Waals surface area contributed by atoms with E-state index in [1.165, 1.54) is 0 Å². The molecule has 0 saturated heterocycles. The van der Waals surface area contributed by atoms with Crippen LogP contribution < -0.4 is 17.2 Å². The van der Waals surface area contributed by atoms with Gasteiger partial charge in [-0.3, -0.25) is 24.0 Å². The number of hydrogen-bond acceptors (Lipinski definition) is 8. The minimum atomic E-state index is -1.29. The molecule has 0 heterocycles. The summed E-state index contributed by atoms with van der Waals surface area (Å²) < 4.78 is 0. The maximum atomic E-state index is 10.4. The lowest BCUT2D eigenvalue weighted by atomic mass is 10.1. The van der Waals surface area contributed by atoms with Gasteiger partial charge in [0.15, 0.2) is 0 Å². The van der Waals surface area contributed by atoms with Crippen molar-refractivity contribution in [1.29, 1.82) is 0 Å². The van der Waals surface area contributed by atoms with E-state index in [0.29, 0.717) is 6.42 Å². The zero-order valence-corrected chi connectivity index (χ0v) is 16.5. The Morgan fingerprint density at radius 1 is 0.677 bits per heavy atom. The van der Waals surface area contributed by atoms with E-state index in [4.69, 9.17) is 42.7 Å². The van der Waals surface area contributed by atoms with Crippen molar-refractivity contribution in [2.24, 2.45) is 17.2 Å². The highest BCUT2D eigenvalue weighted by Gasteiger charge is 2.14. The fourth-order valence-electron chi connectivity index (χ4n) is 1.63. The normalized spacial score (nSPS) is 12.5. The molecule has 11 N–H and O–H groups in total. The molecule has 0 spiro atoms. The Hall–Kier alpha value is -3.55. The van der Waals surface area contributed by atoms with E-state index in [1.807, 2.05) is 30.3 Å². The third-order valence-corrected chi connectivity index (χ3v) is 3.31. The van der Waals surface area contributed by atoms with Gasteiger partial charge in [-0.15, -0.1) is 0 Å². The van der Waals surface area contributed by atoms with E-state index in [1.54, 1.807) is 0 Å². The zero-order chi connectivity index (χ0) is 24.6. The van der Waals surface area contributed by atoms with Gasteiger partial charge in [0.05, 0.1) is 6.42 Å². The first-order valence-corrected chi connectivity index (χ1v) is 8.70. The molecule has 0 amide bonds. The Labute approximate surface area is 177 Å². The lowest BCUT2D eigenvalue weighted by Crippen LogP contribution is -2.32. The average molecular weight is 445 g/mol. The Kier molecular flexibility index (Phi) is 15.6. The largest absolute Gasteiger partial charge is 0.481 e. The summed E-state index contributed by atoms with van der Waals surface area (Å²) in [6.07, 6.45) is -0.371. The summed E-state index contributed by atoms with van der Waals surface area (Å²) in [4.78, 5) is 49.9. The molecule has 1 rings (SSSR count). The molecule has 0 aliphatic heterocycles. The summed E-state index contributed by atoms with van der Waals surface area (Å²) in [5.41, 5.74) is 16.1. The second-order valence-corrected chi connectivity index (χ2v) is 6.05. The van der Waals surface area contributed by atoms with E-state index < -0.39 is 54.4 Å². The molecule has 13 nitrogen and oxygen atoms in total. The van der Waals surface area contributed by atoms with Crippen LogP contribution in [-0.2, 0) is 30.4 Å². The van der Waals surface area contributed by atoms with Crippen molar-refractivity contribution >= 4 is 29.8 Å². The maximum Gasteiger partial charge on any atom is 0.321 e. The summed E-state index contributed by atoms with van der Waals surface area (Å²) in [7, 11) is 0. The van der Waals surface area contributed by atoms with E-state index in [0.717, 1.165) is 5.56 Å². The molecule has 0 bridgehead atoms. The molecule has 31 heavy (non-hydrogen) atoms. The van der Waals surface area contributed by atoms with Gasteiger partial charge in [-0.05, 0) is 18.4 Å². The molecule has 3 atom stereocenters. The van der Waals surface area contributed by atoms with E-state index in [-0.39, 0.29) is 12.8 Å². The first-order valence-electron chi connectivity index (χ1n) is 8.70.